The van der Waals surface area contributed by atoms with E-state index >= 15 is 0 Å². The van der Waals surface area contributed by atoms with E-state index in [1.54, 1.807) is 30.3 Å². The molecular formula is C15H19NO3. The van der Waals surface area contributed by atoms with Crippen molar-refractivity contribution < 1.29 is 14.7 Å². The molecule has 0 heterocycles. The molecule has 1 aromatic rings. The van der Waals surface area contributed by atoms with E-state index in [0.29, 0.717) is 5.56 Å². The fourth-order valence-corrected chi connectivity index (χ4v) is 1.56. The Labute approximate surface area is 113 Å². The summed E-state index contributed by atoms with van der Waals surface area (Å²) in [5, 5.41) is 12.0. The SMILES string of the molecule is C=CC(OC(=O)/C(=N/O)c1ccccc1)C(C)(C)C. The van der Waals surface area contributed by atoms with Crippen molar-refractivity contribution in [3.05, 3.63) is 48.6 Å². The maximum atomic E-state index is 12.0. The molecule has 4 nitrogen and oxygen atoms in total. The van der Waals surface area contributed by atoms with Gasteiger partial charge in [-0.2, -0.15) is 0 Å². The lowest BCUT2D eigenvalue weighted by molar-refractivity contribution is -0.142. The van der Waals surface area contributed by atoms with Gasteiger partial charge in [-0.3, -0.25) is 0 Å². The summed E-state index contributed by atoms with van der Waals surface area (Å²) in [5.41, 5.74) is 0.123. The lowest BCUT2D eigenvalue weighted by atomic mass is 9.89. The number of hydrogen-bond acceptors (Lipinski definition) is 4. The molecule has 19 heavy (non-hydrogen) atoms. The van der Waals surface area contributed by atoms with Crippen LogP contribution in [0.4, 0.5) is 0 Å². The highest BCUT2D eigenvalue weighted by Crippen LogP contribution is 2.23. The van der Waals surface area contributed by atoms with E-state index in [-0.39, 0.29) is 11.1 Å². The van der Waals surface area contributed by atoms with E-state index in [1.807, 2.05) is 26.8 Å². The van der Waals surface area contributed by atoms with Crippen molar-refractivity contribution in [2.24, 2.45) is 10.6 Å². The number of nitrogens with zero attached hydrogens (tertiary/aromatic N) is 1. The van der Waals surface area contributed by atoms with Gasteiger partial charge in [-0.1, -0.05) is 68.9 Å². The second-order valence-corrected chi connectivity index (χ2v) is 5.24. The van der Waals surface area contributed by atoms with Gasteiger partial charge < -0.3 is 9.94 Å². The first-order valence-corrected chi connectivity index (χ1v) is 6.01. The van der Waals surface area contributed by atoms with E-state index in [4.69, 9.17) is 9.94 Å². The second-order valence-electron chi connectivity index (χ2n) is 5.24. The van der Waals surface area contributed by atoms with Crippen LogP contribution in [0, 0.1) is 5.41 Å². The lowest BCUT2D eigenvalue weighted by Gasteiger charge is -2.27. The normalized spacial score (nSPS) is 13.7. The molecule has 0 amide bonds. The minimum absolute atomic E-state index is 0.114. The molecule has 1 aromatic carbocycles. The zero-order valence-corrected chi connectivity index (χ0v) is 11.5. The quantitative estimate of drug-likeness (QED) is 0.298. The standard InChI is InChI=1S/C15H19NO3/c1-5-12(15(2,3)4)19-14(17)13(16-18)11-9-7-6-8-10-11/h5-10,12,18H,1H2,2-4H3/b16-13+. The van der Waals surface area contributed by atoms with Crippen LogP contribution in [0.25, 0.3) is 0 Å². The molecule has 1 atom stereocenters. The van der Waals surface area contributed by atoms with Crippen LogP contribution in [-0.2, 0) is 9.53 Å². The Balaban J connectivity index is 2.91. The Hall–Kier alpha value is -2.10. The van der Waals surface area contributed by atoms with Crippen LogP contribution in [0.5, 0.6) is 0 Å². The number of benzene rings is 1. The summed E-state index contributed by atoms with van der Waals surface area (Å²) in [7, 11) is 0. The first-order valence-electron chi connectivity index (χ1n) is 6.01. The monoisotopic (exact) mass is 261 g/mol. The van der Waals surface area contributed by atoms with Crippen LogP contribution in [0.1, 0.15) is 26.3 Å². The van der Waals surface area contributed by atoms with Crippen molar-refractivity contribution in [1.29, 1.82) is 0 Å². The minimum atomic E-state index is -0.673. The molecule has 1 unspecified atom stereocenters. The van der Waals surface area contributed by atoms with E-state index in [9.17, 15) is 4.79 Å². The first-order chi connectivity index (χ1) is 8.90. The Morgan fingerprint density at radius 1 is 1.37 bits per heavy atom. The third-order valence-electron chi connectivity index (χ3n) is 2.64. The van der Waals surface area contributed by atoms with Crippen molar-refractivity contribution in [2.75, 3.05) is 0 Å². The summed E-state index contributed by atoms with van der Waals surface area (Å²) in [6.45, 7) is 9.47. The van der Waals surface area contributed by atoms with Crippen molar-refractivity contribution in [3.8, 4) is 0 Å². The molecule has 0 bridgehead atoms. The largest absolute Gasteiger partial charge is 0.453 e. The molecule has 0 aromatic heterocycles. The maximum absolute atomic E-state index is 12.0. The summed E-state index contributed by atoms with van der Waals surface area (Å²) >= 11 is 0. The molecule has 4 heteroatoms. The van der Waals surface area contributed by atoms with Gasteiger partial charge in [0.15, 0.2) is 5.71 Å². The molecule has 0 aliphatic carbocycles. The summed E-state index contributed by atoms with van der Waals surface area (Å²) < 4.78 is 5.32. The molecule has 0 aliphatic rings. The molecule has 102 valence electrons. The van der Waals surface area contributed by atoms with E-state index < -0.39 is 12.1 Å². The third-order valence-corrected chi connectivity index (χ3v) is 2.64. The van der Waals surface area contributed by atoms with Crippen LogP contribution in [0.2, 0.25) is 0 Å². The lowest BCUT2D eigenvalue weighted by Crippen LogP contribution is -2.32. The number of esters is 1. The molecular weight excluding hydrogens is 242 g/mol. The Morgan fingerprint density at radius 2 is 1.95 bits per heavy atom. The van der Waals surface area contributed by atoms with Gasteiger partial charge in [0, 0.05) is 11.0 Å². The Kier molecular flexibility index (Phi) is 4.87. The molecule has 0 fully saturated rings. The van der Waals surface area contributed by atoms with Crippen LogP contribution < -0.4 is 0 Å². The van der Waals surface area contributed by atoms with Gasteiger partial charge in [-0.25, -0.2) is 4.79 Å². The van der Waals surface area contributed by atoms with E-state index in [2.05, 4.69) is 11.7 Å². The number of hydrogen-bond donors (Lipinski definition) is 1. The summed E-state index contributed by atoms with van der Waals surface area (Å²) in [6.07, 6.45) is 1.11. The first kappa shape index (κ1) is 15.0. The summed E-state index contributed by atoms with van der Waals surface area (Å²) in [4.78, 5) is 12.0. The molecule has 1 N–H and O–H groups in total. The smallest absolute Gasteiger partial charge is 0.361 e. The van der Waals surface area contributed by atoms with Gasteiger partial charge in [-0.15, -0.1) is 0 Å². The van der Waals surface area contributed by atoms with Gasteiger partial charge in [0.1, 0.15) is 6.10 Å². The molecule has 0 radical (unpaired) electrons. The van der Waals surface area contributed by atoms with E-state index in [0.717, 1.165) is 0 Å². The highest BCUT2D eigenvalue weighted by atomic mass is 16.5. The summed E-state index contributed by atoms with van der Waals surface area (Å²) in [5.74, 6) is -0.673. The predicted molar refractivity (Wildman–Crippen MR) is 74.3 cm³/mol. The van der Waals surface area contributed by atoms with Crippen LogP contribution in [-0.4, -0.2) is 23.0 Å². The Bertz CT molecular complexity index is 472. The maximum Gasteiger partial charge on any atom is 0.361 e. The number of carbonyl (C=O) groups excluding carboxylic acids is 1. The fraction of sp³-hybridized carbons (Fsp3) is 0.333. The van der Waals surface area contributed by atoms with Crippen LogP contribution >= 0.6 is 0 Å². The van der Waals surface area contributed by atoms with Crippen molar-refractivity contribution >= 4 is 11.7 Å². The van der Waals surface area contributed by atoms with Gasteiger partial charge in [-0.05, 0) is 0 Å². The summed E-state index contributed by atoms with van der Waals surface area (Å²) in [6, 6.07) is 8.67. The van der Waals surface area contributed by atoms with Crippen molar-refractivity contribution in [2.45, 2.75) is 26.9 Å². The van der Waals surface area contributed by atoms with Crippen LogP contribution in [0.15, 0.2) is 48.1 Å². The highest BCUT2D eigenvalue weighted by Gasteiger charge is 2.28. The molecule has 0 aliphatic heterocycles. The number of oxime groups is 1. The average molecular weight is 261 g/mol. The third kappa shape index (κ3) is 3.95. The molecule has 0 saturated heterocycles. The van der Waals surface area contributed by atoms with Crippen LogP contribution in [0.3, 0.4) is 0 Å². The molecule has 0 spiro atoms. The molecule has 1 rings (SSSR count). The predicted octanol–water partition coefficient (Wildman–Crippen LogP) is 3.01. The van der Waals surface area contributed by atoms with Crippen molar-refractivity contribution in [3.63, 3.8) is 0 Å². The fourth-order valence-electron chi connectivity index (χ4n) is 1.56. The highest BCUT2D eigenvalue weighted by molar-refractivity contribution is 6.43. The van der Waals surface area contributed by atoms with Gasteiger partial charge in [0.25, 0.3) is 0 Å². The van der Waals surface area contributed by atoms with Gasteiger partial charge >= 0.3 is 5.97 Å². The van der Waals surface area contributed by atoms with Gasteiger partial charge in [0.05, 0.1) is 0 Å². The number of carbonyl (C=O) groups is 1. The van der Waals surface area contributed by atoms with E-state index in [1.165, 1.54) is 0 Å². The van der Waals surface area contributed by atoms with Gasteiger partial charge in [0.2, 0.25) is 0 Å². The molecule has 0 saturated carbocycles. The van der Waals surface area contributed by atoms with Crippen molar-refractivity contribution in [1.82, 2.24) is 0 Å². The minimum Gasteiger partial charge on any atom is -0.453 e. The number of rotatable bonds is 4. The Morgan fingerprint density at radius 3 is 2.37 bits per heavy atom. The number of ether oxygens (including phenoxy) is 1. The second kappa shape index (κ2) is 6.18. The zero-order valence-electron chi connectivity index (χ0n) is 11.5. The average Bonchev–Trinajstić information content (AvgIpc) is 2.36. The topological polar surface area (TPSA) is 58.9 Å². The zero-order chi connectivity index (χ0) is 14.5.